The molecule has 0 aliphatic rings. The Labute approximate surface area is 141 Å². The molecule has 23 heavy (non-hydrogen) atoms. The Bertz CT molecular complexity index is 641. The highest BCUT2D eigenvalue weighted by Gasteiger charge is 2.02. The first-order chi connectivity index (χ1) is 11.2. The Hall–Kier alpha value is -2.15. The number of pyridine rings is 1. The van der Waals surface area contributed by atoms with Crippen LogP contribution in [0.4, 0.5) is 0 Å². The summed E-state index contributed by atoms with van der Waals surface area (Å²) in [6, 6.07) is 5.68. The van der Waals surface area contributed by atoms with Gasteiger partial charge in [0, 0.05) is 31.0 Å². The molecular weight excluding hydrogens is 310 g/mol. The van der Waals surface area contributed by atoms with Crippen molar-refractivity contribution in [2.24, 2.45) is 4.99 Å². The molecule has 6 nitrogen and oxygen atoms in total. The van der Waals surface area contributed by atoms with Gasteiger partial charge in [-0.3, -0.25) is 0 Å². The fraction of sp³-hybridized carbons (Fsp3) is 0.438. The molecule has 0 bridgehead atoms. The first kappa shape index (κ1) is 17.2. The van der Waals surface area contributed by atoms with Crippen LogP contribution in [0.2, 0.25) is 0 Å². The maximum atomic E-state index is 5.13. The van der Waals surface area contributed by atoms with Crippen molar-refractivity contribution in [3.05, 3.63) is 40.0 Å². The van der Waals surface area contributed by atoms with Crippen LogP contribution in [0.15, 0.2) is 28.6 Å². The molecule has 0 saturated heterocycles. The van der Waals surface area contributed by atoms with Crippen molar-refractivity contribution in [1.82, 2.24) is 20.6 Å². The van der Waals surface area contributed by atoms with Crippen LogP contribution in [-0.2, 0) is 13.0 Å². The van der Waals surface area contributed by atoms with Crippen molar-refractivity contribution in [1.29, 1.82) is 0 Å². The molecule has 2 heterocycles. The van der Waals surface area contributed by atoms with Gasteiger partial charge < -0.3 is 15.4 Å². The monoisotopic (exact) mass is 333 g/mol. The van der Waals surface area contributed by atoms with Crippen molar-refractivity contribution in [2.75, 3.05) is 20.2 Å². The maximum absolute atomic E-state index is 5.13. The number of nitrogens with one attached hydrogen (secondary N) is 2. The van der Waals surface area contributed by atoms with E-state index in [-0.39, 0.29) is 0 Å². The maximum Gasteiger partial charge on any atom is 0.213 e. The average molecular weight is 333 g/mol. The average Bonchev–Trinajstić information content (AvgIpc) is 2.98. The van der Waals surface area contributed by atoms with E-state index in [0.717, 1.165) is 41.9 Å². The van der Waals surface area contributed by atoms with E-state index in [9.17, 15) is 0 Å². The minimum Gasteiger partial charge on any atom is -0.481 e. The molecule has 0 aliphatic heterocycles. The van der Waals surface area contributed by atoms with Gasteiger partial charge in [0.2, 0.25) is 5.88 Å². The molecule has 0 spiro atoms. The number of thiazole rings is 1. The molecule has 2 aromatic heterocycles. The molecule has 7 heteroatoms. The summed E-state index contributed by atoms with van der Waals surface area (Å²) in [6.07, 6.45) is 0.881. The third-order valence-corrected chi connectivity index (χ3v) is 3.90. The Balaban J connectivity index is 1.88. The van der Waals surface area contributed by atoms with Crippen LogP contribution in [0.5, 0.6) is 5.88 Å². The lowest BCUT2D eigenvalue weighted by molar-refractivity contribution is 0.396. The molecule has 0 unspecified atom stereocenters. The molecule has 0 aliphatic carbocycles. The topological polar surface area (TPSA) is 71.4 Å². The van der Waals surface area contributed by atoms with Crippen molar-refractivity contribution < 1.29 is 4.74 Å². The number of rotatable bonds is 7. The van der Waals surface area contributed by atoms with E-state index in [1.54, 1.807) is 18.4 Å². The molecule has 0 atom stereocenters. The highest BCUT2D eigenvalue weighted by Crippen LogP contribution is 2.08. The van der Waals surface area contributed by atoms with E-state index in [1.807, 2.05) is 32.0 Å². The van der Waals surface area contributed by atoms with Gasteiger partial charge in [-0.1, -0.05) is 6.07 Å². The standard InChI is InChI=1S/C16H23N5OS/c1-4-17-16(18-9-8-14-11-23-12(2)20-14)19-10-13-6-5-7-15(21-13)22-3/h5-7,11H,4,8-10H2,1-3H3,(H2,17,18,19). The zero-order chi connectivity index (χ0) is 16.5. The fourth-order valence-corrected chi connectivity index (χ4v) is 2.64. The number of aromatic nitrogens is 2. The van der Waals surface area contributed by atoms with Crippen LogP contribution in [-0.4, -0.2) is 36.1 Å². The molecule has 124 valence electrons. The van der Waals surface area contributed by atoms with Gasteiger partial charge in [0.05, 0.1) is 30.1 Å². The predicted octanol–water partition coefficient (Wildman–Crippen LogP) is 2.15. The number of hydrogen-bond acceptors (Lipinski definition) is 5. The predicted molar refractivity (Wildman–Crippen MR) is 94.2 cm³/mol. The van der Waals surface area contributed by atoms with Gasteiger partial charge in [-0.2, -0.15) is 0 Å². The number of aliphatic imine (C=N–C) groups is 1. The summed E-state index contributed by atoms with van der Waals surface area (Å²) in [7, 11) is 1.61. The van der Waals surface area contributed by atoms with Crippen molar-refractivity contribution >= 4 is 17.3 Å². The Morgan fingerprint density at radius 2 is 2.13 bits per heavy atom. The van der Waals surface area contributed by atoms with Crippen LogP contribution in [0, 0.1) is 6.92 Å². The van der Waals surface area contributed by atoms with E-state index in [0.29, 0.717) is 12.4 Å². The Morgan fingerprint density at radius 1 is 1.26 bits per heavy atom. The van der Waals surface area contributed by atoms with Crippen LogP contribution in [0.1, 0.15) is 23.3 Å². The third kappa shape index (κ3) is 5.86. The Morgan fingerprint density at radius 3 is 2.83 bits per heavy atom. The summed E-state index contributed by atoms with van der Waals surface area (Å²) in [5.41, 5.74) is 1.99. The summed E-state index contributed by atoms with van der Waals surface area (Å²) < 4.78 is 5.13. The number of guanidine groups is 1. The van der Waals surface area contributed by atoms with Gasteiger partial charge in [0.25, 0.3) is 0 Å². The fourth-order valence-electron chi connectivity index (χ4n) is 1.99. The lowest BCUT2D eigenvalue weighted by Crippen LogP contribution is -2.38. The second-order valence-electron chi connectivity index (χ2n) is 4.90. The molecule has 0 fully saturated rings. The first-order valence-corrected chi connectivity index (χ1v) is 8.52. The second kappa shape index (κ2) is 9.09. The van der Waals surface area contributed by atoms with Gasteiger partial charge in [-0.15, -0.1) is 11.3 Å². The molecule has 2 N–H and O–H groups in total. The van der Waals surface area contributed by atoms with Crippen LogP contribution < -0.4 is 15.4 Å². The van der Waals surface area contributed by atoms with Crippen LogP contribution in [0.3, 0.4) is 0 Å². The molecule has 2 aromatic rings. The Kier molecular flexibility index (Phi) is 6.80. The van der Waals surface area contributed by atoms with Gasteiger partial charge in [0.1, 0.15) is 0 Å². The van der Waals surface area contributed by atoms with E-state index in [1.165, 1.54) is 0 Å². The zero-order valence-electron chi connectivity index (χ0n) is 13.8. The minimum absolute atomic E-state index is 0.502. The molecule has 0 amide bonds. The summed E-state index contributed by atoms with van der Waals surface area (Å²) >= 11 is 1.68. The summed E-state index contributed by atoms with van der Waals surface area (Å²) in [4.78, 5) is 13.4. The van der Waals surface area contributed by atoms with Crippen LogP contribution >= 0.6 is 11.3 Å². The van der Waals surface area contributed by atoms with E-state index in [4.69, 9.17) is 4.74 Å². The number of nitrogens with zero attached hydrogens (tertiary/aromatic N) is 3. The van der Waals surface area contributed by atoms with E-state index < -0.39 is 0 Å². The summed E-state index contributed by atoms with van der Waals surface area (Å²) in [5, 5.41) is 9.76. The van der Waals surface area contributed by atoms with Gasteiger partial charge >= 0.3 is 0 Å². The highest BCUT2D eigenvalue weighted by molar-refractivity contribution is 7.09. The van der Waals surface area contributed by atoms with Gasteiger partial charge in [0.15, 0.2) is 5.96 Å². The number of ether oxygens (including phenoxy) is 1. The summed E-state index contributed by atoms with van der Waals surface area (Å²) in [6.45, 7) is 6.18. The highest BCUT2D eigenvalue weighted by atomic mass is 32.1. The van der Waals surface area contributed by atoms with Gasteiger partial charge in [-0.05, 0) is 19.9 Å². The quantitative estimate of drug-likeness (QED) is 0.600. The number of hydrogen-bond donors (Lipinski definition) is 2. The molecular formula is C16H23N5OS. The second-order valence-corrected chi connectivity index (χ2v) is 5.96. The zero-order valence-corrected chi connectivity index (χ0v) is 14.6. The van der Waals surface area contributed by atoms with Crippen molar-refractivity contribution in [3.8, 4) is 5.88 Å². The van der Waals surface area contributed by atoms with Crippen molar-refractivity contribution in [3.63, 3.8) is 0 Å². The smallest absolute Gasteiger partial charge is 0.213 e. The largest absolute Gasteiger partial charge is 0.481 e. The summed E-state index contributed by atoms with van der Waals surface area (Å²) in [5.74, 6) is 1.39. The SMILES string of the molecule is CCNC(=NCc1cccc(OC)n1)NCCc1csc(C)n1. The normalized spacial score (nSPS) is 11.3. The lowest BCUT2D eigenvalue weighted by atomic mass is 10.3. The van der Waals surface area contributed by atoms with E-state index >= 15 is 0 Å². The lowest BCUT2D eigenvalue weighted by Gasteiger charge is -2.10. The third-order valence-electron chi connectivity index (χ3n) is 3.07. The minimum atomic E-state index is 0.502. The number of methoxy groups -OCH3 is 1. The molecule has 0 aromatic carbocycles. The van der Waals surface area contributed by atoms with Crippen LogP contribution in [0.25, 0.3) is 0 Å². The molecule has 0 saturated carbocycles. The van der Waals surface area contributed by atoms with Gasteiger partial charge in [-0.25, -0.2) is 15.0 Å². The van der Waals surface area contributed by atoms with E-state index in [2.05, 4.69) is 31.0 Å². The molecule has 2 rings (SSSR count). The number of aryl methyl sites for hydroxylation is 1. The molecule has 0 radical (unpaired) electrons. The van der Waals surface area contributed by atoms with Crippen molar-refractivity contribution in [2.45, 2.75) is 26.8 Å². The first-order valence-electron chi connectivity index (χ1n) is 7.64.